The molecule has 9 heterocycles. The Hall–Kier alpha value is -10.9. The van der Waals surface area contributed by atoms with Crippen molar-refractivity contribution in [3.8, 4) is 5.75 Å². The van der Waals surface area contributed by atoms with Crippen LogP contribution < -0.4 is 49.2 Å². The number of ether oxygens (including phenoxy) is 1. The van der Waals surface area contributed by atoms with Gasteiger partial charge in [0.2, 0.25) is 11.8 Å². The van der Waals surface area contributed by atoms with Crippen molar-refractivity contribution in [2.45, 2.75) is 132 Å². The van der Waals surface area contributed by atoms with Gasteiger partial charge in [0.1, 0.15) is 17.1 Å². The number of rotatable bonds is 18. The minimum absolute atomic E-state index is 0.00543. The van der Waals surface area contributed by atoms with Crippen LogP contribution in [0.4, 0.5) is 16.2 Å². The zero-order valence-corrected chi connectivity index (χ0v) is 69.1. The highest BCUT2D eigenvalue weighted by atomic mass is 32.3. The van der Waals surface area contributed by atoms with Crippen molar-refractivity contribution < 1.29 is 56.4 Å². The molecule has 10 aromatic rings. The monoisotopic (exact) mass is 1650 g/mol. The molecule has 8 aromatic carbocycles. The number of anilines is 2. The lowest BCUT2D eigenvalue weighted by Crippen LogP contribution is -2.53. The highest BCUT2D eigenvalue weighted by molar-refractivity contribution is 8.42. The number of nitrogens with zero attached hydrogens (tertiary/aromatic N) is 4. The number of likely N-dealkylation sites (tertiary alicyclic amines) is 4. The number of hydrogen-bond acceptors (Lipinski definition) is 16. The average molecular weight is 1650 g/mol. The summed E-state index contributed by atoms with van der Waals surface area (Å²) < 4.78 is 31.5. The predicted octanol–water partition coefficient (Wildman–Crippen LogP) is 11.8. The first-order chi connectivity index (χ1) is 58.9. The zero-order chi connectivity index (χ0) is 83.2. The number of nitrogens with two attached hydrogens (primary N) is 4. The average Bonchev–Trinajstić information content (AvgIpc) is 1.48. The lowest BCUT2D eigenvalue weighted by atomic mass is 9.61. The molecule has 3 saturated carbocycles. The summed E-state index contributed by atoms with van der Waals surface area (Å²) in [6.45, 7) is 7.83. The molecule has 6 atom stereocenters. The van der Waals surface area contributed by atoms with Crippen LogP contribution in [0.5, 0.6) is 5.75 Å². The maximum Gasteiger partial charge on any atom is 0.576 e. The summed E-state index contributed by atoms with van der Waals surface area (Å²) in [6, 6.07) is 61.0. The number of nitrogens with one attached hydrogen (secondary N) is 4. The smallest absolute Gasteiger partial charge is 0.496 e. The SMILES string of the molecule is CS1(CC(=O)Nc2cccc(C(=O)N3CCC(c4cccc(CN)c4)CC3)c2)OB(c2cccc3[nH]c(C(=O)N4CCC5(CC4)COc4ccc(CN)cc45)cc23)OC1=O.NCc1cccc(C2CCN(C(=O)c3cccc(NC(=O)[C@H]4CC5CCC4C4OB(c6ccc7cc(C(=O)N8CCC(c9cccc(CN)c9)CC8)[nH]c7c6)OC54)c3)CC2)c1. The molecule has 2 bridgehead atoms. The van der Waals surface area contributed by atoms with E-state index in [1.54, 1.807) is 42.7 Å². The van der Waals surface area contributed by atoms with Crippen LogP contribution >= 0.6 is 10.3 Å². The Balaban J connectivity index is 0.000000166. The minimum Gasteiger partial charge on any atom is -0.496 e. The second kappa shape index (κ2) is 34.6. The Morgan fingerprint density at radius 3 is 1.61 bits per heavy atom. The number of H-pyrrole nitrogens is 2. The molecule has 27 heteroatoms. The van der Waals surface area contributed by atoms with Crippen LogP contribution in [-0.4, -0.2) is 168 Å². The summed E-state index contributed by atoms with van der Waals surface area (Å²) in [5.74, 6) is 1.27. The molecule has 24 nitrogen and oxygen atoms in total. The fourth-order valence-corrected chi connectivity index (χ4v) is 21.9. The van der Waals surface area contributed by atoms with Crippen LogP contribution in [0.2, 0.25) is 0 Å². The van der Waals surface area contributed by atoms with E-state index in [-0.39, 0.29) is 70.7 Å². The van der Waals surface area contributed by atoms with Gasteiger partial charge in [-0.15, -0.1) is 0 Å². The summed E-state index contributed by atoms with van der Waals surface area (Å²) in [5, 5.41) is 7.10. The molecule has 624 valence electrons. The third kappa shape index (κ3) is 16.7. The fraction of sp³-hybridized carbons (Fsp3) is 0.372. The molecule has 2 aromatic heterocycles. The lowest BCUT2D eigenvalue weighted by Gasteiger charge is -2.48. The number of aromatic nitrogens is 2. The Morgan fingerprint density at radius 1 is 0.504 bits per heavy atom. The number of amides is 6. The van der Waals surface area contributed by atoms with Gasteiger partial charge in [0.25, 0.3) is 23.6 Å². The van der Waals surface area contributed by atoms with Crippen LogP contribution in [0.3, 0.4) is 0 Å². The molecule has 5 unspecified atom stereocenters. The van der Waals surface area contributed by atoms with Gasteiger partial charge in [-0.25, -0.2) is 4.79 Å². The van der Waals surface area contributed by atoms with E-state index in [1.807, 2.05) is 105 Å². The van der Waals surface area contributed by atoms with Gasteiger partial charge < -0.3 is 85.9 Å². The van der Waals surface area contributed by atoms with Crippen molar-refractivity contribution in [3.63, 3.8) is 0 Å². The van der Waals surface area contributed by atoms with Crippen molar-refractivity contribution >= 4 is 109 Å². The van der Waals surface area contributed by atoms with E-state index < -0.39 is 35.8 Å². The second-order valence-electron chi connectivity index (χ2n) is 34.5. The molecule has 7 aliphatic heterocycles. The highest BCUT2D eigenvalue weighted by Crippen LogP contribution is 2.54. The molecule has 10 aliphatic rings. The van der Waals surface area contributed by atoms with E-state index in [4.69, 9.17) is 45.7 Å². The molecule has 6 amide bonds. The van der Waals surface area contributed by atoms with Gasteiger partial charge in [0.15, 0.2) is 0 Å². The molecule has 121 heavy (non-hydrogen) atoms. The van der Waals surface area contributed by atoms with Crippen LogP contribution in [0.1, 0.15) is 175 Å². The van der Waals surface area contributed by atoms with Crippen molar-refractivity contribution in [2.75, 3.05) is 81.6 Å². The van der Waals surface area contributed by atoms with Gasteiger partial charge in [-0.1, -0.05) is 121 Å². The van der Waals surface area contributed by atoms with Crippen molar-refractivity contribution in [1.82, 2.24) is 29.6 Å². The first kappa shape index (κ1) is 81.2. The van der Waals surface area contributed by atoms with Crippen molar-refractivity contribution in [1.29, 1.82) is 0 Å². The normalized spacial score (nSPS) is 22.7. The molecular weight excluding hydrogens is 1540 g/mol. The van der Waals surface area contributed by atoms with E-state index in [2.05, 4.69) is 87.3 Å². The summed E-state index contributed by atoms with van der Waals surface area (Å²) in [6.07, 6.45) is 11.0. The van der Waals surface area contributed by atoms with Crippen LogP contribution in [-0.2, 0) is 59.2 Å². The number of hydrogen-bond donors (Lipinski definition) is 8. The van der Waals surface area contributed by atoms with Crippen LogP contribution in [0.15, 0.2) is 188 Å². The molecular formula is C94H104B2N12O12S. The lowest BCUT2D eigenvalue weighted by molar-refractivity contribution is -0.132. The molecule has 6 saturated heterocycles. The van der Waals surface area contributed by atoms with E-state index in [9.17, 15) is 33.6 Å². The van der Waals surface area contributed by atoms with E-state index in [1.165, 1.54) is 22.3 Å². The van der Waals surface area contributed by atoms with Gasteiger partial charge in [0.05, 0.1) is 24.6 Å². The van der Waals surface area contributed by atoms with E-state index >= 15 is 0 Å². The van der Waals surface area contributed by atoms with Gasteiger partial charge in [-0.3, -0.25) is 28.8 Å². The molecule has 20 rings (SSSR count). The quantitative estimate of drug-likeness (QED) is 0.0370. The van der Waals surface area contributed by atoms with Crippen molar-refractivity contribution in [3.05, 3.63) is 255 Å². The highest BCUT2D eigenvalue weighted by Gasteiger charge is 2.58. The van der Waals surface area contributed by atoms with Crippen LogP contribution in [0, 0.1) is 17.8 Å². The van der Waals surface area contributed by atoms with Gasteiger partial charge >= 0.3 is 19.5 Å². The number of piperidine rings is 4. The number of carbonyl (C=O) groups excluding carboxylic acids is 7. The number of carbonyl (C=O) groups is 7. The Kier molecular flexibility index (Phi) is 23.2. The predicted molar refractivity (Wildman–Crippen MR) is 471 cm³/mol. The number of benzene rings is 8. The zero-order valence-electron chi connectivity index (χ0n) is 68.3. The summed E-state index contributed by atoms with van der Waals surface area (Å²) in [4.78, 5) is 110. The topological polar surface area (TPSA) is 338 Å². The maximum absolute atomic E-state index is 14.0. The molecule has 12 N–H and O–H groups in total. The Labute approximate surface area is 706 Å². The molecule has 0 radical (unpaired) electrons. The van der Waals surface area contributed by atoms with Crippen LogP contribution in [0.25, 0.3) is 21.8 Å². The number of aromatic amines is 2. The Bertz CT molecular complexity index is 5620. The fourth-order valence-electron chi connectivity index (χ4n) is 20.2. The third-order valence-corrected chi connectivity index (χ3v) is 29.3. The van der Waals surface area contributed by atoms with Gasteiger partial charge in [-0.05, 0) is 228 Å². The van der Waals surface area contributed by atoms with E-state index in [0.29, 0.717) is 153 Å². The van der Waals surface area contributed by atoms with Crippen molar-refractivity contribution in [2.24, 2.45) is 40.7 Å². The summed E-state index contributed by atoms with van der Waals surface area (Å²) in [5.41, 5.74) is 39.1. The molecule has 3 aliphatic carbocycles. The second-order valence-corrected chi connectivity index (χ2v) is 37.3. The number of fused-ring (bicyclic) bond motifs is 6. The van der Waals surface area contributed by atoms with Gasteiger partial charge in [0, 0.05) is 145 Å². The first-order valence-corrected chi connectivity index (χ1v) is 45.0. The standard InChI is InChI=1S/C49H55BN6O5.C45H49BN6O7S/c51-28-30-4-1-6-34(22-30)32-14-18-55(19-15-32)48(58)38-8-3-9-40(24-38)53-47(57)42-25-37-11-13-41(42)46-45(37)60-50(61-46)39-12-10-36-26-44(54-43(36)27-39)49(59)56-20-16-33(17-21-56)35-7-2-5-31(23-35)29-52;1-60(27-41(53)49-34-8-3-7-33(23-34)42(54)51-17-13-31(14-18-51)32-6-2-5-29(21-32)25-47)44(56)58-46(59-60)37-9-4-10-38-35(37)24-39(50-38)43(55)52-19-15-45(16-20-52)28-57-40-12-11-30(26-48)22-36(40)45/h1-10,12,22-24,26-27,32-33,37,41-42,45-46,54H,11,13-21,25,28-29,51-52H2,(H,53,57);2-12,21-24,31,50H,13-20,25-28,47-48H2,1H3,(H,49,53)/t37?,41?,42-,45?,46?;/m0./s1. The maximum atomic E-state index is 14.0. The Morgan fingerprint density at radius 2 is 1.02 bits per heavy atom. The largest absolute Gasteiger partial charge is 0.576 e. The molecule has 1 spiro atoms. The van der Waals surface area contributed by atoms with E-state index in [0.717, 1.165) is 115 Å². The minimum atomic E-state index is -2.67. The third-order valence-electron chi connectivity index (χ3n) is 27.1. The van der Waals surface area contributed by atoms with Gasteiger partial charge in [-0.2, -0.15) is 0 Å². The first-order valence-electron chi connectivity index (χ1n) is 42.9. The molecule has 9 fully saturated rings. The summed E-state index contributed by atoms with van der Waals surface area (Å²) in [7, 11) is -4.27. The summed E-state index contributed by atoms with van der Waals surface area (Å²) >= 11 is 0.